The zero-order chi connectivity index (χ0) is 13.9. The standard InChI is InChI=1S/C14H12F3NO/c15-14(16,17)13-4-2-1-3-10(13)9-18-11-5-7-12(19)8-6-11/h1-8,18-19H,9H2. The molecule has 2 aromatic rings. The minimum atomic E-state index is -4.35. The van der Waals surface area contributed by atoms with Gasteiger partial charge in [-0.3, -0.25) is 0 Å². The monoisotopic (exact) mass is 267 g/mol. The van der Waals surface area contributed by atoms with Gasteiger partial charge in [-0.05, 0) is 35.9 Å². The average Bonchev–Trinajstić information content (AvgIpc) is 2.37. The van der Waals surface area contributed by atoms with Gasteiger partial charge in [0.1, 0.15) is 5.75 Å². The second-order valence-corrected chi connectivity index (χ2v) is 4.06. The van der Waals surface area contributed by atoms with Gasteiger partial charge in [0.15, 0.2) is 0 Å². The first-order valence-corrected chi connectivity index (χ1v) is 5.65. The summed E-state index contributed by atoms with van der Waals surface area (Å²) in [7, 11) is 0. The van der Waals surface area contributed by atoms with Crippen molar-refractivity contribution in [1.82, 2.24) is 0 Å². The topological polar surface area (TPSA) is 32.3 Å². The fourth-order valence-electron chi connectivity index (χ4n) is 1.73. The fourth-order valence-corrected chi connectivity index (χ4v) is 1.73. The summed E-state index contributed by atoms with van der Waals surface area (Å²) in [6, 6.07) is 11.6. The van der Waals surface area contributed by atoms with Crippen LogP contribution in [-0.4, -0.2) is 5.11 Å². The first-order chi connectivity index (χ1) is 8.97. The molecule has 5 heteroatoms. The van der Waals surface area contributed by atoms with Crippen molar-refractivity contribution >= 4 is 5.69 Å². The van der Waals surface area contributed by atoms with Crippen LogP contribution in [0.4, 0.5) is 18.9 Å². The smallest absolute Gasteiger partial charge is 0.416 e. The van der Waals surface area contributed by atoms with Crippen molar-refractivity contribution in [2.75, 3.05) is 5.32 Å². The van der Waals surface area contributed by atoms with E-state index in [1.807, 2.05) is 0 Å². The van der Waals surface area contributed by atoms with Crippen molar-refractivity contribution in [1.29, 1.82) is 0 Å². The van der Waals surface area contributed by atoms with Gasteiger partial charge in [-0.1, -0.05) is 18.2 Å². The van der Waals surface area contributed by atoms with Crippen molar-refractivity contribution in [3.05, 3.63) is 59.7 Å². The third-order valence-electron chi connectivity index (χ3n) is 2.67. The van der Waals surface area contributed by atoms with E-state index in [1.165, 1.54) is 24.3 Å². The van der Waals surface area contributed by atoms with Gasteiger partial charge < -0.3 is 10.4 Å². The van der Waals surface area contributed by atoms with Crippen LogP contribution in [0.15, 0.2) is 48.5 Å². The average molecular weight is 267 g/mol. The fraction of sp³-hybridized carbons (Fsp3) is 0.143. The molecule has 100 valence electrons. The number of nitrogens with one attached hydrogen (secondary N) is 1. The number of phenolic OH excluding ortho intramolecular Hbond substituents is 1. The lowest BCUT2D eigenvalue weighted by molar-refractivity contribution is -0.138. The van der Waals surface area contributed by atoms with Gasteiger partial charge in [0.2, 0.25) is 0 Å². The molecule has 0 bridgehead atoms. The molecule has 0 spiro atoms. The molecule has 2 N–H and O–H groups in total. The molecule has 0 radical (unpaired) electrons. The maximum Gasteiger partial charge on any atom is 0.416 e. The summed E-state index contributed by atoms with van der Waals surface area (Å²) >= 11 is 0. The van der Waals surface area contributed by atoms with E-state index < -0.39 is 11.7 Å². The summed E-state index contributed by atoms with van der Waals surface area (Å²) in [5.74, 6) is 0.112. The van der Waals surface area contributed by atoms with E-state index in [4.69, 9.17) is 5.11 Å². The highest BCUT2D eigenvalue weighted by Crippen LogP contribution is 2.32. The third-order valence-corrected chi connectivity index (χ3v) is 2.67. The number of alkyl halides is 3. The predicted octanol–water partition coefficient (Wildman–Crippen LogP) is 4.02. The molecule has 0 saturated heterocycles. The second kappa shape index (κ2) is 5.22. The molecule has 2 nitrogen and oxygen atoms in total. The van der Waals surface area contributed by atoms with Gasteiger partial charge in [0.05, 0.1) is 5.56 Å². The van der Waals surface area contributed by atoms with Gasteiger partial charge in [-0.2, -0.15) is 13.2 Å². The van der Waals surface area contributed by atoms with Crippen molar-refractivity contribution in [2.45, 2.75) is 12.7 Å². The summed E-state index contributed by atoms with van der Waals surface area (Å²) in [6.07, 6.45) is -4.35. The van der Waals surface area contributed by atoms with Crippen LogP contribution in [-0.2, 0) is 12.7 Å². The van der Waals surface area contributed by atoms with E-state index in [0.717, 1.165) is 6.07 Å². The minimum Gasteiger partial charge on any atom is -0.508 e. The Morgan fingerprint density at radius 3 is 2.21 bits per heavy atom. The molecule has 0 aromatic heterocycles. The van der Waals surface area contributed by atoms with Crippen LogP contribution in [0.2, 0.25) is 0 Å². The molecule has 0 aliphatic heterocycles. The van der Waals surface area contributed by atoms with Gasteiger partial charge in [0.25, 0.3) is 0 Å². The molecule has 0 heterocycles. The molecule has 2 rings (SSSR count). The molecule has 2 aromatic carbocycles. The Hall–Kier alpha value is -2.17. The highest BCUT2D eigenvalue weighted by molar-refractivity contribution is 5.47. The van der Waals surface area contributed by atoms with Crippen LogP contribution >= 0.6 is 0 Å². The van der Waals surface area contributed by atoms with E-state index in [-0.39, 0.29) is 17.9 Å². The van der Waals surface area contributed by atoms with Crippen LogP contribution in [0, 0.1) is 0 Å². The Morgan fingerprint density at radius 1 is 0.947 bits per heavy atom. The van der Waals surface area contributed by atoms with Gasteiger partial charge in [0, 0.05) is 12.2 Å². The van der Waals surface area contributed by atoms with Crippen LogP contribution in [0.3, 0.4) is 0 Å². The molecule has 19 heavy (non-hydrogen) atoms. The highest BCUT2D eigenvalue weighted by Gasteiger charge is 2.32. The summed E-state index contributed by atoms with van der Waals surface area (Å²) in [4.78, 5) is 0. The van der Waals surface area contributed by atoms with E-state index in [1.54, 1.807) is 18.2 Å². The summed E-state index contributed by atoms with van der Waals surface area (Å²) in [6.45, 7) is 0.0699. The van der Waals surface area contributed by atoms with Crippen molar-refractivity contribution in [2.24, 2.45) is 0 Å². The summed E-state index contributed by atoms with van der Waals surface area (Å²) in [5.41, 5.74) is 0.194. The summed E-state index contributed by atoms with van der Waals surface area (Å²) in [5, 5.41) is 12.0. The highest BCUT2D eigenvalue weighted by atomic mass is 19.4. The van der Waals surface area contributed by atoms with Crippen molar-refractivity contribution < 1.29 is 18.3 Å². The zero-order valence-electron chi connectivity index (χ0n) is 9.91. The first kappa shape index (κ1) is 13.3. The van der Waals surface area contributed by atoms with Gasteiger partial charge >= 0.3 is 6.18 Å². The number of anilines is 1. The number of rotatable bonds is 3. The van der Waals surface area contributed by atoms with Crippen LogP contribution < -0.4 is 5.32 Å². The normalized spacial score (nSPS) is 11.3. The van der Waals surface area contributed by atoms with Crippen molar-refractivity contribution in [3.8, 4) is 5.75 Å². The molecule has 0 atom stereocenters. The minimum absolute atomic E-state index is 0.0699. The third kappa shape index (κ3) is 3.40. The molecule has 0 saturated carbocycles. The molecular formula is C14H12F3NO. The molecule has 0 unspecified atom stereocenters. The molecule has 0 fully saturated rings. The lowest BCUT2D eigenvalue weighted by Crippen LogP contribution is -2.11. The van der Waals surface area contributed by atoms with Gasteiger partial charge in [-0.25, -0.2) is 0 Å². The van der Waals surface area contributed by atoms with Crippen molar-refractivity contribution in [3.63, 3.8) is 0 Å². The predicted molar refractivity (Wildman–Crippen MR) is 66.9 cm³/mol. The SMILES string of the molecule is Oc1ccc(NCc2ccccc2C(F)(F)F)cc1. The van der Waals surface area contributed by atoms with Crippen LogP contribution in [0.5, 0.6) is 5.75 Å². The van der Waals surface area contributed by atoms with E-state index in [9.17, 15) is 13.2 Å². The number of hydrogen-bond acceptors (Lipinski definition) is 2. The van der Waals surface area contributed by atoms with E-state index in [2.05, 4.69) is 5.32 Å². The zero-order valence-corrected chi connectivity index (χ0v) is 9.91. The molecule has 0 amide bonds. The number of aromatic hydroxyl groups is 1. The first-order valence-electron chi connectivity index (χ1n) is 5.65. The summed E-state index contributed by atoms with van der Waals surface area (Å²) < 4.78 is 38.3. The number of hydrogen-bond donors (Lipinski definition) is 2. The van der Waals surface area contributed by atoms with Crippen LogP contribution in [0.1, 0.15) is 11.1 Å². The maximum atomic E-state index is 12.8. The Bertz CT molecular complexity index is 549. The lowest BCUT2D eigenvalue weighted by Gasteiger charge is -2.13. The Kier molecular flexibility index (Phi) is 3.64. The Labute approximate surface area is 108 Å². The Balaban J connectivity index is 2.14. The van der Waals surface area contributed by atoms with E-state index in [0.29, 0.717) is 5.69 Å². The largest absolute Gasteiger partial charge is 0.508 e. The van der Waals surface area contributed by atoms with Crippen LogP contribution in [0.25, 0.3) is 0 Å². The quantitative estimate of drug-likeness (QED) is 0.823. The van der Waals surface area contributed by atoms with E-state index >= 15 is 0 Å². The molecule has 0 aliphatic carbocycles. The lowest BCUT2D eigenvalue weighted by atomic mass is 10.1. The number of halogens is 3. The Morgan fingerprint density at radius 2 is 1.58 bits per heavy atom. The maximum absolute atomic E-state index is 12.8. The molecule has 0 aliphatic rings. The second-order valence-electron chi connectivity index (χ2n) is 4.06. The van der Waals surface area contributed by atoms with Gasteiger partial charge in [-0.15, -0.1) is 0 Å². The molecular weight excluding hydrogens is 255 g/mol. The number of phenols is 1. The number of benzene rings is 2.